The zero-order valence-electron chi connectivity index (χ0n) is 12.7. The van der Waals surface area contributed by atoms with E-state index in [4.69, 9.17) is 5.73 Å². The van der Waals surface area contributed by atoms with Crippen LogP contribution >= 0.6 is 0 Å². The van der Waals surface area contributed by atoms with Crippen LogP contribution in [0.1, 0.15) is 60.3 Å². The molecule has 0 heterocycles. The monoisotopic (exact) mass is 242 g/mol. The van der Waals surface area contributed by atoms with E-state index in [1.54, 1.807) is 0 Å². The Balaban J connectivity index is 3.50. The predicted octanol–water partition coefficient (Wildman–Crippen LogP) is 3.41. The third-order valence-electron chi connectivity index (χ3n) is 3.05. The fraction of sp³-hybridized carbons (Fsp3) is 1.00. The minimum Gasteiger partial charge on any atom is -0.330 e. The van der Waals surface area contributed by atoms with Gasteiger partial charge in [0.2, 0.25) is 0 Å². The SMILES string of the molecule is CC(C)CCCCNCC(CN)CC(C)(C)C. The van der Waals surface area contributed by atoms with Gasteiger partial charge in [0, 0.05) is 0 Å². The van der Waals surface area contributed by atoms with Gasteiger partial charge in [-0.15, -0.1) is 0 Å². The molecule has 2 heteroatoms. The number of nitrogens with two attached hydrogens (primary N) is 1. The zero-order chi connectivity index (χ0) is 13.3. The van der Waals surface area contributed by atoms with Crippen LogP contribution in [0.5, 0.6) is 0 Å². The quantitative estimate of drug-likeness (QED) is 0.608. The Hall–Kier alpha value is -0.0800. The molecule has 0 aromatic carbocycles. The molecular weight excluding hydrogens is 208 g/mol. The Morgan fingerprint density at radius 3 is 2.24 bits per heavy atom. The van der Waals surface area contributed by atoms with Gasteiger partial charge in [0.15, 0.2) is 0 Å². The van der Waals surface area contributed by atoms with Gasteiger partial charge in [0.05, 0.1) is 0 Å². The van der Waals surface area contributed by atoms with Gasteiger partial charge >= 0.3 is 0 Å². The molecule has 0 aliphatic rings. The van der Waals surface area contributed by atoms with E-state index in [9.17, 15) is 0 Å². The van der Waals surface area contributed by atoms with E-state index in [-0.39, 0.29) is 0 Å². The first-order valence-corrected chi connectivity index (χ1v) is 7.26. The van der Waals surface area contributed by atoms with E-state index in [1.807, 2.05) is 0 Å². The van der Waals surface area contributed by atoms with Crippen LogP contribution in [0.25, 0.3) is 0 Å². The van der Waals surface area contributed by atoms with E-state index in [2.05, 4.69) is 39.9 Å². The summed E-state index contributed by atoms with van der Waals surface area (Å²) in [6.45, 7) is 14.5. The van der Waals surface area contributed by atoms with E-state index >= 15 is 0 Å². The van der Waals surface area contributed by atoms with Crippen LogP contribution in [0.2, 0.25) is 0 Å². The summed E-state index contributed by atoms with van der Waals surface area (Å²) in [5.74, 6) is 1.47. The van der Waals surface area contributed by atoms with Crippen molar-refractivity contribution in [3.8, 4) is 0 Å². The van der Waals surface area contributed by atoms with E-state index in [0.717, 1.165) is 25.6 Å². The van der Waals surface area contributed by atoms with Crippen LogP contribution in [0, 0.1) is 17.3 Å². The van der Waals surface area contributed by atoms with Gasteiger partial charge in [-0.2, -0.15) is 0 Å². The highest BCUT2D eigenvalue weighted by Gasteiger charge is 2.17. The molecule has 2 nitrogen and oxygen atoms in total. The van der Waals surface area contributed by atoms with Crippen molar-refractivity contribution in [2.24, 2.45) is 23.0 Å². The second kappa shape index (κ2) is 8.93. The maximum absolute atomic E-state index is 5.82. The predicted molar refractivity (Wildman–Crippen MR) is 78.2 cm³/mol. The topological polar surface area (TPSA) is 38.0 Å². The molecule has 0 aliphatic carbocycles. The van der Waals surface area contributed by atoms with Gasteiger partial charge in [0.1, 0.15) is 0 Å². The van der Waals surface area contributed by atoms with E-state index < -0.39 is 0 Å². The van der Waals surface area contributed by atoms with Crippen molar-refractivity contribution in [1.29, 1.82) is 0 Å². The molecule has 1 atom stereocenters. The smallest absolute Gasteiger partial charge is 0.000826 e. The second-order valence-corrected chi connectivity index (χ2v) is 6.96. The minimum absolute atomic E-state index is 0.392. The molecule has 104 valence electrons. The molecule has 0 spiro atoms. The highest BCUT2D eigenvalue weighted by molar-refractivity contribution is 4.71. The lowest BCUT2D eigenvalue weighted by molar-refractivity contribution is 0.289. The Morgan fingerprint density at radius 1 is 1.12 bits per heavy atom. The summed E-state index contributed by atoms with van der Waals surface area (Å²) in [4.78, 5) is 0. The lowest BCUT2D eigenvalue weighted by Crippen LogP contribution is -2.31. The number of hydrogen-bond donors (Lipinski definition) is 2. The molecule has 0 aliphatic heterocycles. The van der Waals surface area contributed by atoms with Gasteiger partial charge < -0.3 is 11.1 Å². The maximum Gasteiger partial charge on any atom is -0.000826 e. The molecule has 17 heavy (non-hydrogen) atoms. The molecule has 0 radical (unpaired) electrons. The lowest BCUT2D eigenvalue weighted by atomic mass is 9.84. The standard InChI is InChI=1S/C15H34N2/c1-13(2)8-6-7-9-17-12-14(11-16)10-15(3,4)5/h13-14,17H,6-12,16H2,1-5H3. The van der Waals surface area contributed by atoms with Crippen LogP contribution in [0.15, 0.2) is 0 Å². The molecule has 0 fully saturated rings. The van der Waals surface area contributed by atoms with Crippen molar-refractivity contribution >= 4 is 0 Å². The summed E-state index contributed by atoms with van der Waals surface area (Å²) in [5.41, 5.74) is 6.21. The van der Waals surface area contributed by atoms with Crippen molar-refractivity contribution in [3.05, 3.63) is 0 Å². The van der Waals surface area contributed by atoms with Crippen LogP contribution in [0.4, 0.5) is 0 Å². The highest BCUT2D eigenvalue weighted by Crippen LogP contribution is 2.23. The van der Waals surface area contributed by atoms with Gasteiger partial charge in [-0.25, -0.2) is 0 Å². The third-order valence-corrected chi connectivity index (χ3v) is 3.05. The van der Waals surface area contributed by atoms with E-state index in [0.29, 0.717) is 11.3 Å². The number of rotatable bonds is 9. The molecular formula is C15H34N2. The van der Waals surface area contributed by atoms with Crippen molar-refractivity contribution in [2.45, 2.75) is 60.3 Å². The summed E-state index contributed by atoms with van der Waals surface area (Å²) >= 11 is 0. The van der Waals surface area contributed by atoms with Gasteiger partial charge in [-0.3, -0.25) is 0 Å². The molecule has 0 bridgehead atoms. The number of unbranched alkanes of at least 4 members (excludes halogenated alkanes) is 1. The molecule has 0 saturated heterocycles. The fourth-order valence-electron chi connectivity index (χ4n) is 2.21. The normalized spacial score (nSPS) is 14.3. The summed E-state index contributed by atoms with van der Waals surface area (Å²) in [5, 5.41) is 3.55. The third kappa shape index (κ3) is 12.2. The molecule has 1 unspecified atom stereocenters. The number of nitrogens with one attached hydrogen (secondary N) is 1. The summed E-state index contributed by atoms with van der Waals surface area (Å²) < 4.78 is 0. The molecule has 0 amide bonds. The number of hydrogen-bond acceptors (Lipinski definition) is 2. The van der Waals surface area contributed by atoms with Crippen molar-refractivity contribution < 1.29 is 0 Å². The van der Waals surface area contributed by atoms with Crippen LogP contribution < -0.4 is 11.1 Å². The second-order valence-electron chi connectivity index (χ2n) is 6.96. The van der Waals surface area contributed by atoms with Crippen molar-refractivity contribution in [3.63, 3.8) is 0 Å². The van der Waals surface area contributed by atoms with Gasteiger partial charge in [-0.05, 0) is 49.7 Å². The average molecular weight is 242 g/mol. The largest absolute Gasteiger partial charge is 0.330 e. The Labute approximate surface area is 109 Å². The molecule has 0 aromatic heterocycles. The minimum atomic E-state index is 0.392. The van der Waals surface area contributed by atoms with Gasteiger partial charge in [0.25, 0.3) is 0 Å². The summed E-state index contributed by atoms with van der Waals surface area (Å²) in [6.07, 6.45) is 5.20. The van der Waals surface area contributed by atoms with Crippen LogP contribution in [-0.2, 0) is 0 Å². The molecule has 3 N–H and O–H groups in total. The van der Waals surface area contributed by atoms with E-state index in [1.165, 1.54) is 25.7 Å². The molecule has 0 aromatic rings. The average Bonchev–Trinajstić information content (AvgIpc) is 2.19. The Morgan fingerprint density at radius 2 is 1.76 bits per heavy atom. The first-order chi connectivity index (χ1) is 7.85. The fourth-order valence-corrected chi connectivity index (χ4v) is 2.21. The van der Waals surface area contributed by atoms with Crippen LogP contribution in [-0.4, -0.2) is 19.6 Å². The Kier molecular flexibility index (Phi) is 8.89. The summed E-state index contributed by atoms with van der Waals surface area (Å²) in [6, 6.07) is 0. The van der Waals surface area contributed by atoms with Crippen LogP contribution in [0.3, 0.4) is 0 Å². The first kappa shape index (κ1) is 16.9. The maximum atomic E-state index is 5.82. The first-order valence-electron chi connectivity index (χ1n) is 7.26. The Bertz CT molecular complexity index is 170. The van der Waals surface area contributed by atoms with Gasteiger partial charge in [-0.1, -0.05) is 47.5 Å². The summed E-state index contributed by atoms with van der Waals surface area (Å²) in [7, 11) is 0. The molecule has 0 rings (SSSR count). The highest BCUT2D eigenvalue weighted by atomic mass is 14.9. The van der Waals surface area contributed by atoms with Crippen molar-refractivity contribution in [1.82, 2.24) is 5.32 Å². The van der Waals surface area contributed by atoms with Crippen molar-refractivity contribution in [2.75, 3.05) is 19.6 Å². The lowest BCUT2D eigenvalue weighted by Gasteiger charge is -2.25. The zero-order valence-corrected chi connectivity index (χ0v) is 12.7. The molecule has 0 saturated carbocycles.